The van der Waals surface area contributed by atoms with E-state index in [1.807, 2.05) is 61.8 Å². The number of carbonyl (C=O) groups excluding carboxylic acids is 2. The molecule has 3 aromatic heterocycles. The van der Waals surface area contributed by atoms with Gasteiger partial charge in [0.25, 0.3) is 5.91 Å². The van der Waals surface area contributed by atoms with Gasteiger partial charge in [0.05, 0.1) is 24.5 Å². The molecule has 1 aliphatic heterocycles. The third-order valence-corrected chi connectivity index (χ3v) is 6.94. The number of benzene rings is 1. The summed E-state index contributed by atoms with van der Waals surface area (Å²) in [5.41, 5.74) is 5.68. The first-order valence-corrected chi connectivity index (χ1v) is 13.2. The fourth-order valence-corrected chi connectivity index (χ4v) is 4.52. The zero-order chi connectivity index (χ0) is 27.4. The molecule has 1 atom stereocenters. The second-order valence-electron chi connectivity index (χ2n) is 9.65. The number of carbonyl (C=O) groups is 2. The predicted molar refractivity (Wildman–Crippen MR) is 152 cm³/mol. The van der Waals surface area contributed by atoms with Crippen molar-refractivity contribution in [1.82, 2.24) is 24.6 Å². The van der Waals surface area contributed by atoms with E-state index < -0.39 is 0 Å². The van der Waals surface area contributed by atoms with Crippen LogP contribution in [0.25, 0.3) is 16.8 Å². The van der Waals surface area contributed by atoms with Gasteiger partial charge in [-0.15, -0.1) is 0 Å². The lowest BCUT2D eigenvalue weighted by Gasteiger charge is -2.26. The molecule has 4 heterocycles. The van der Waals surface area contributed by atoms with Gasteiger partial charge in [-0.05, 0) is 55.7 Å². The molecule has 1 aromatic carbocycles. The maximum Gasteiger partial charge on any atom is 0.319 e. The molecule has 1 saturated heterocycles. The number of imidazole rings is 1. The van der Waals surface area contributed by atoms with Gasteiger partial charge in [0.1, 0.15) is 5.82 Å². The highest BCUT2D eigenvalue weighted by Crippen LogP contribution is 2.32. The lowest BCUT2D eigenvalue weighted by molar-refractivity contribution is 0.0302. The average molecular weight is 528 g/mol. The molecular weight excluding hydrogens is 494 g/mol. The van der Waals surface area contributed by atoms with E-state index in [0.29, 0.717) is 37.7 Å². The summed E-state index contributed by atoms with van der Waals surface area (Å²) in [7, 11) is 0. The van der Waals surface area contributed by atoms with Crippen molar-refractivity contribution in [1.29, 1.82) is 0 Å². The number of amides is 3. The van der Waals surface area contributed by atoms with Crippen LogP contribution in [-0.4, -0.2) is 63.6 Å². The number of aromatic nitrogens is 3. The number of rotatable bonds is 7. The van der Waals surface area contributed by atoms with Crippen LogP contribution in [0.4, 0.5) is 22.0 Å². The molecule has 0 aliphatic carbocycles. The summed E-state index contributed by atoms with van der Waals surface area (Å²) in [6.07, 6.45) is 8.09. The maximum absolute atomic E-state index is 12.8. The lowest BCUT2D eigenvalue weighted by Crippen LogP contribution is -2.40. The van der Waals surface area contributed by atoms with Gasteiger partial charge in [0, 0.05) is 55.2 Å². The van der Waals surface area contributed by atoms with Gasteiger partial charge in [-0.1, -0.05) is 19.1 Å². The van der Waals surface area contributed by atoms with Gasteiger partial charge in [-0.3, -0.25) is 4.79 Å². The number of hydrogen-bond donors (Lipinski definition) is 3. The van der Waals surface area contributed by atoms with Crippen molar-refractivity contribution >= 4 is 34.8 Å². The zero-order valence-corrected chi connectivity index (χ0v) is 22.4. The minimum absolute atomic E-state index is 0.0446. The van der Waals surface area contributed by atoms with E-state index in [1.54, 1.807) is 29.4 Å². The number of fused-ring (bicyclic) bond motifs is 1. The predicted octanol–water partition coefficient (Wildman–Crippen LogP) is 4.84. The van der Waals surface area contributed by atoms with Gasteiger partial charge < -0.3 is 30.0 Å². The minimum Gasteiger partial charge on any atom is -0.378 e. The molecule has 3 N–H and O–H groups in total. The molecule has 3 amide bonds. The van der Waals surface area contributed by atoms with Crippen LogP contribution in [0.5, 0.6) is 0 Å². The summed E-state index contributed by atoms with van der Waals surface area (Å²) in [5, 5.41) is 9.28. The van der Waals surface area contributed by atoms with Crippen molar-refractivity contribution in [3.63, 3.8) is 0 Å². The Bertz CT molecular complexity index is 1480. The first-order valence-electron chi connectivity index (χ1n) is 13.2. The van der Waals surface area contributed by atoms with Crippen molar-refractivity contribution in [2.24, 2.45) is 0 Å². The van der Waals surface area contributed by atoms with E-state index >= 15 is 0 Å². The molecule has 0 bridgehead atoms. The molecule has 0 saturated carbocycles. The second-order valence-corrected chi connectivity index (χ2v) is 9.65. The third-order valence-electron chi connectivity index (χ3n) is 6.94. The highest BCUT2D eigenvalue weighted by atomic mass is 16.5. The summed E-state index contributed by atoms with van der Waals surface area (Å²) in [6, 6.07) is 11.3. The Morgan fingerprint density at radius 3 is 2.67 bits per heavy atom. The summed E-state index contributed by atoms with van der Waals surface area (Å²) in [5.74, 6) is 0.557. The van der Waals surface area contributed by atoms with Crippen molar-refractivity contribution in [2.45, 2.75) is 33.2 Å². The number of pyridine rings is 2. The number of hydrogen-bond acceptors (Lipinski definition) is 6. The standard InChI is InChI=1S/C29H33N7O3/c1-4-19(2)32-29(38)34-24-7-5-6-23(20(24)3)22-16-25(27-30-10-11-36(27)18-22)33-26-9-8-21(17-31-26)28(37)35-12-14-39-15-13-35/h5-11,16-19H,4,12-15H2,1-3H3,(H,31,33)(H2,32,34,38). The fourth-order valence-electron chi connectivity index (χ4n) is 4.52. The first-order chi connectivity index (χ1) is 18.9. The SMILES string of the molecule is CCC(C)NC(=O)Nc1cccc(-c2cc(Nc3ccc(C(=O)N4CCOCC4)cn3)c3nccn3c2)c1C. The van der Waals surface area contributed by atoms with Crippen molar-refractivity contribution < 1.29 is 14.3 Å². The summed E-state index contributed by atoms with van der Waals surface area (Å²) in [6.45, 7) is 8.28. The molecule has 4 aromatic rings. The highest BCUT2D eigenvalue weighted by Gasteiger charge is 2.19. The summed E-state index contributed by atoms with van der Waals surface area (Å²) < 4.78 is 7.29. The van der Waals surface area contributed by atoms with Crippen molar-refractivity contribution in [2.75, 3.05) is 36.9 Å². The Balaban J connectivity index is 1.40. The summed E-state index contributed by atoms with van der Waals surface area (Å²) in [4.78, 5) is 36.0. The van der Waals surface area contributed by atoms with Crippen LogP contribution < -0.4 is 16.0 Å². The van der Waals surface area contributed by atoms with Crippen LogP contribution in [0.2, 0.25) is 0 Å². The van der Waals surface area contributed by atoms with Crippen LogP contribution in [0.1, 0.15) is 36.2 Å². The number of urea groups is 1. The molecule has 0 radical (unpaired) electrons. The molecule has 202 valence electrons. The Kier molecular flexibility index (Phi) is 7.74. The van der Waals surface area contributed by atoms with E-state index in [2.05, 4.69) is 25.9 Å². The number of morpholine rings is 1. The average Bonchev–Trinajstić information content (AvgIpc) is 3.44. The van der Waals surface area contributed by atoms with Gasteiger partial charge in [0.15, 0.2) is 5.65 Å². The van der Waals surface area contributed by atoms with Crippen molar-refractivity contribution in [3.8, 4) is 11.1 Å². The first kappa shape index (κ1) is 26.2. The molecule has 1 fully saturated rings. The molecule has 1 aliphatic rings. The Morgan fingerprint density at radius 2 is 1.92 bits per heavy atom. The van der Waals surface area contributed by atoms with E-state index in [0.717, 1.165) is 40.1 Å². The van der Waals surface area contributed by atoms with Crippen LogP contribution in [-0.2, 0) is 4.74 Å². The Labute approximate surface area is 227 Å². The monoisotopic (exact) mass is 527 g/mol. The zero-order valence-electron chi connectivity index (χ0n) is 22.4. The smallest absolute Gasteiger partial charge is 0.319 e. The molecule has 10 nitrogen and oxygen atoms in total. The minimum atomic E-state index is -0.223. The van der Waals surface area contributed by atoms with Crippen molar-refractivity contribution in [3.05, 3.63) is 72.3 Å². The highest BCUT2D eigenvalue weighted by molar-refractivity contribution is 5.94. The van der Waals surface area contributed by atoms with E-state index in [4.69, 9.17) is 4.74 Å². The number of nitrogens with one attached hydrogen (secondary N) is 3. The normalized spacial score (nSPS) is 14.2. The van der Waals surface area contributed by atoms with Gasteiger partial charge in [-0.25, -0.2) is 14.8 Å². The molecule has 10 heteroatoms. The molecule has 39 heavy (non-hydrogen) atoms. The fraction of sp³-hybridized carbons (Fsp3) is 0.310. The number of nitrogens with zero attached hydrogens (tertiary/aromatic N) is 4. The van der Waals surface area contributed by atoms with Gasteiger partial charge >= 0.3 is 6.03 Å². The van der Waals surface area contributed by atoms with Crippen LogP contribution in [0.3, 0.4) is 0 Å². The summed E-state index contributed by atoms with van der Waals surface area (Å²) >= 11 is 0. The van der Waals surface area contributed by atoms with E-state index in [9.17, 15) is 9.59 Å². The number of anilines is 3. The van der Waals surface area contributed by atoms with Gasteiger partial charge in [0.2, 0.25) is 0 Å². The largest absolute Gasteiger partial charge is 0.378 e. The molecule has 5 rings (SSSR count). The third kappa shape index (κ3) is 5.85. The molecule has 0 spiro atoms. The lowest BCUT2D eigenvalue weighted by atomic mass is 10.00. The van der Waals surface area contributed by atoms with E-state index in [-0.39, 0.29) is 18.0 Å². The topological polar surface area (TPSA) is 113 Å². The molecule has 1 unspecified atom stereocenters. The Hall–Kier alpha value is -4.44. The number of ether oxygens (including phenoxy) is 1. The second kappa shape index (κ2) is 11.5. The van der Waals surface area contributed by atoms with Gasteiger partial charge in [-0.2, -0.15) is 0 Å². The van der Waals surface area contributed by atoms with Crippen LogP contribution >= 0.6 is 0 Å². The quantitative estimate of drug-likeness (QED) is 0.317. The molecular formula is C29H33N7O3. The Morgan fingerprint density at radius 1 is 1.10 bits per heavy atom. The maximum atomic E-state index is 12.8. The van der Waals surface area contributed by atoms with E-state index in [1.165, 1.54) is 0 Å². The van der Waals surface area contributed by atoms with Crippen LogP contribution in [0, 0.1) is 6.92 Å². The van der Waals surface area contributed by atoms with Crippen LogP contribution in [0.15, 0.2) is 61.2 Å².